The van der Waals surface area contributed by atoms with Crippen molar-refractivity contribution < 1.29 is 10.2 Å². The molecule has 1 aromatic heterocycles. The highest BCUT2D eigenvalue weighted by atomic mass is 16.3. The Morgan fingerprint density at radius 2 is 1.96 bits per heavy atom. The summed E-state index contributed by atoms with van der Waals surface area (Å²) < 4.78 is 0. The van der Waals surface area contributed by atoms with E-state index in [9.17, 15) is 10.2 Å². The highest BCUT2D eigenvalue weighted by Crippen LogP contribution is 2.33. The average molecular weight is 362 g/mol. The number of aryl methyl sites for hydroxylation is 1. The number of phenols is 1. The highest BCUT2D eigenvalue weighted by molar-refractivity contribution is 5.94. The monoisotopic (exact) mass is 362 g/mol. The number of piperidine rings is 1. The maximum absolute atomic E-state index is 10.4. The van der Waals surface area contributed by atoms with Crippen molar-refractivity contribution in [3.05, 3.63) is 59.8 Å². The molecule has 0 bridgehead atoms. The van der Waals surface area contributed by atoms with Crippen LogP contribution < -0.4 is 0 Å². The van der Waals surface area contributed by atoms with E-state index in [0.717, 1.165) is 59.1 Å². The Labute approximate surface area is 160 Å². The molecule has 1 aliphatic rings. The Hall–Kier alpha value is -2.43. The molecule has 0 spiro atoms. The van der Waals surface area contributed by atoms with E-state index in [4.69, 9.17) is 0 Å². The van der Waals surface area contributed by atoms with E-state index in [2.05, 4.69) is 28.1 Å². The number of benzene rings is 2. The highest BCUT2D eigenvalue weighted by Gasteiger charge is 2.22. The third-order valence-corrected chi connectivity index (χ3v) is 5.57. The zero-order valence-electron chi connectivity index (χ0n) is 15.7. The number of fused-ring (bicyclic) bond motifs is 1. The molecular weight excluding hydrogens is 336 g/mol. The second-order valence-corrected chi connectivity index (χ2v) is 7.47. The Balaban J connectivity index is 1.73. The number of aromatic nitrogens is 1. The number of aromatic hydroxyl groups is 1. The summed E-state index contributed by atoms with van der Waals surface area (Å²) in [7, 11) is 0. The number of phenolic OH excluding ortho intramolecular Hbond substituents is 1. The molecule has 140 valence electrons. The van der Waals surface area contributed by atoms with Crippen LogP contribution in [0.3, 0.4) is 0 Å². The number of nitrogens with zero attached hydrogens (tertiary/aromatic N) is 2. The fourth-order valence-electron chi connectivity index (χ4n) is 4.12. The van der Waals surface area contributed by atoms with Crippen LogP contribution in [0.15, 0.2) is 48.5 Å². The Bertz CT molecular complexity index is 954. The van der Waals surface area contributed by atoms with Crippen molar-refractivity contribution in [3.63, 3.8) is 0 Å². The standard InChI is InChI=1S/C23H26N2O2/c1-16-12-21(20-7-2-3-8-22(20)24-16)17-9-10-23(27)18(13-17)14-25-11-5-4-6-19(25)15-26/h2-3,7-10,12-13,19,26-27H,4-6,11,14-15H2,1H3. The van der Waals surface area contributed by atoms with Crippen LogP contribution in [-0.2, 0) is 6.54 Å². The maximum Gasteiger partial charge on any atom is 0.120 e. The number of likely N-dealkylation sites (tertiary alicyclic amines) is 1. The molecule has 4 nitrogen and oxygen atoms in total. The molecule has 27 heavy (non-hydrogen) atoms. The zero-order valence-corrected chi connectivity index (χ0v) is 15.7. The first-order valence-electron chi connectivity index (χ1n) is 9.69. The summed E-state index contributed by atoms with van der Waals surface area (Å²) >= 11 is 0. The van der Waals surface area contributed by atoms with Gasteiger partial charge in [-0.25, -0.2) is 0 Å². The summed E-state index contributed by atoms with van der Waals surface area (Å²) in [5, 5.41) is 21.2. The van der Waals surface area contributed by atoms with Crippen molar-refractivity contribution in [2.45, 2.75) is 38.8 Å². The van der Waals surface area contributed by atoms with Crippen molar-refractivity contribution in [1.29, 1.82) is 0 Å². The average Bonchev–Trinajstić information content (AvgIpc) is 2.69. The van der Waals surface area contributed by atoms with Gasteiger partial charge in [0, 0.05) is 29.2 Å². The Morgan fingerprint density at radius 3 is 2.81 bits per heavy atom. The molecule has 0 radical (unpaired) electrons. The quantitative estimate of drug-likeness (QED) is 0.728. The first-order valence-corrected chi connectivity index (χ1v) is 9.69. The van der Waals surface area contributed by atoms with Crippen molar-refractivity contribution in [2.24, 2.45) is 0 Å². The smallest absolute Gasteiger partial charge is 0.120 e. The molecule has 0 saturated carbocycles. The van der Waals surface area contributed by atoms with Gasteiger partial charge in [0.1, 0.15) is 5.75 Å². The molecule has 0 amide bonds. The first kappa shape index (κ1) is 18.0. The fourth-order valence-corrected chi connectivity index (χ4v) is 4.12. The van der Waals surface area contributed by atoms with Gasteiger partial charge in [0.15, 0.2) is 0 Å². The molecule has 0 aliphatic carbocycles. The Morgan fingerprint density at radius 1 is 1.11 bits per heavy atom. The third-order valence-electron chi connectivity index (χ3n) is 5.57. The largest absolute Gasteiger partial charge is 0.508 e. The lowest BCUT2D eigenvalue weighted by Crippen LogP contribution is -2.41. The second kappa shape index (κ2) is 7.67. The maximum atomic E-state index is 10.4. The van der Waals surface area contributed by atoms with Gasteiger partial charge in [-0.1, -0.05) is 30.7 Å². The van der Waals surface area contributed by atoms with Crippen molar-refractivity contribution in [1.82, 2.24) is 9.88 Å². The molecule has 2 N–H and O–H groups in total. The molecule has 3 aromatic rings. The van der Waals surface area contributed by atoms with E-state index in [1.807, 2.05) is 31.2 Å². The number of hydrogen-bond acceptors (Lipinski definition) is 4. The van der Waals surface area contributed by atoms with Gasteiger partial charge in [0.25, 0.3) is 0 Å². The Kier molecular flexibility index (Phi) is 5.10. The predicted molar refractivity (Wildman–Crippen MR) is 109 cm³/mol. The lowest BCUT2D eigenvalue weighted by atomic mass is 9.97. The van der Waals surface area contributed by atoms with Gasteiger partial charge in [-0.2, -0.15) is 0 Å². The summed E-state index contributed by atoms with van der Waals surface area (Å²) in [5.74, 6) is 0.316. The van der Waals surface area contributed by atoms with Crippen LogP contribution in [-0.4, -0.2) is 39.3 Å². The molecule has 1 atom stereocenters. The molecule has 1 aliphatic heterocycles. The molecular formula is C23H26N2O2. The third kappa shape index (κ3) is 3.68. The number of aliphatic hydroxyl groups excluding tert-OH is 1. The molecule has 1 saturated heterocycles. The summed E-state index contributed by atoms with van der Waals surface area (Å²) in [6, 6.07) is 16.3. The minimum atomic E-state index is 0.175. The van der Waals surface area contributed by atoms with E-state index < -0.39 is 0 Å². The predicted octanol–water partition coefficient (Wildman–Crippen LogP) is 4.26. The summed E-state index contributed by atoms with van der Waals surface area (Å²) in [5.41, 5.74) is 5.10. The lowest BCUT2D eigenvalue weighted by Gasteiger charge is -2.34. The minimum absolute atomic E-state index is 0.175. The van der Waals surface area contributed by atoms with Crippen LogP contribution in [0.25, 0.3) is 22.0 Å². The van der Waals surface area contributed by atoms with Gasteiger partial charge < -0.3 is 10.2 Å². The zero-order chi connectivity index (χ0) is 18.8. The van der Waals surface area contributed by atoms with Gasteiger partial charge in [-0.3, -0.25) is 9.88 Å². The second-order valence-electron chi connectivity index (χ2n) is 7.47. The van der Waals surface area contributed by atoms with E-state index >= 15 is 0 Å². The van der Waals surface area contributed by atoms with Gasteiger partial charge in [-0.05, 0) is 61.7 Å². The van der Waals surface area contributed by atoms with E-state index in [1.54, 1.807) is 6.07 Å². The number of pyridine rings is 1. The van der Waals surface area contributed by atoms with E-state index in [0.29, 0.717) is 12.3 Å². The van der Waals surface area contributed by atoms with E-state index in [1.165, 1.54) is 0 Å². The molecule has 4 rings (SSSR count). The summed E-state index contributed by atoms with van der Waals surface area (Å²) in [4.78, 5) is 6.92. The number of hydrogen-bond donors (Lipinski definition) is 2. The fraction of sp³-hybridized carbons (Fsp3) is 0.348. The lowest BCUT2D eigenvalue weighted by molar-refractivity contribution is 0.0835. The summed E-state index contributed by atoms with van der Waals surface area (Å²) in [6.45, 7) is 3.81. The topological polar surface area (TPSA) is 56.6 Å². The van der Waals surface area contributed by atoms with Crippen LogP contribution in [0.5, 0.6) is 5.75 Å². The minimum Gasteiger partial charge on any atom is -0.508 e. The molecule has 1 fully saturated rings. The van der Waals surface area contributed by atoms with Crippen molar-refractivity contribution >= 4 is 10.9 Å². The van der Waals surface area contributed by atoms with Crippen molar-refractivity contribution in [2.75, 3.05) is 13.2 Å². The summed E-state index contributed by atoms with van der Waals surface area (Å²) in [6.07, 6.45) is 3.33. The normalized spacial score (nSPS) is 18.1. The van der Waals surface area contributed by atoms with Crippen LogP contribution in [0, 0.1) is 6.92 Å². The number of rotatable bonds is 4. The first-order chi connectivity index (χ1) is 13.2. The van der Waals surface area contributed by atoms with E-state index in [-0.39, 0.29) is 12.6 Å². The van der Waals surface area contributed by atoms with Gasteiger partial charge in [0.05, 0.1) is 12.1 Å². The van der Waals surface area contributed by atoms with Crippen LogP contribution in [0.1, 0.15) is 30.5 Å². The SMILES string of the molecule is Cc1cc(-c2ccc(O)c(CN3CCCCC3CO)c2)c2ccccc2n1. The molecule has 2 aromatic carbocycles. The van der Waals surface area contributed by atoms with Gasteiger partial charge in [0.2, 0.25) is 0 Å². The van der Waals surface area contributed by atoms with Crippen molar-refractivity contribution in [3.8, 4) is 16.9 Å². The number of para-hydroxylation sites is 1. The van der Waals surface area contributed by atoms with Gasteiger partial charge >= 0.3 is 0 Å². The van der Waals surface area contributed by atoms with Crippen LogP contribution in [0.4, 0.5) is 0 Å². The van der Waals surface area contributed by atoms with Crippen LogP contribution >= 0.6 is 0 Å². The van der Waals surface area contributed by atoms with Crippen LogP contribution in [0.2, 0.25) is 0 Å². The number of aliphatic hydroxyl groups is 1. The molecule has 2 heterocycles. The van der Waals surface area contributed by atoms with Gasteiger partial charge in [-0.15, -0.1) is 0 Å². The molecule has 4 heteroatoms. The molecule has 1 unspecified atom stereocenters.